The van der Waals surface area contributed by atoms with Crippen LogP contribution in [0.3, 0.4) is 0 Å². The van der Waals surface area contributed by atoms with Crippen LogP contribution in [0, 0.1) is 13.5 Å². The van der Waals surface area contributed by atoms with E-state index in [-0.39, 0.29) is 0 Å². The van der Waals surface area contributed by atoms with E-state index in [1.807, 2.05) is 64.1 Å². The van der Waals surface area contributed by atoms with E-state index >= 15 is 0 Å². The molecule has 0 heterocycles. The highest BCUT2D eigenvalue weighted by Crippen LogP contribution is 2.07. The molecule has 2 rings (SSSR count). The Labute approximate surface area is 118 Å². The molecule has 0 unspecified atom stereocenters. The molecular weight excluding hydrogens is 230 g/mol. The number of para-hydroxylation sites is 1. The highest BCUT2D eigenvalue weighted by Gasteiger charge is 1.79. The molecule has 0 bridgehead atoms. The second kappa shape index (κ2) is 15.9. The molecule has 0 spiro atoms. The zero-order valence-electron chi connectivity index (χ0n) is 12.7. The zero-order valence-corrected chi connectivity index (χ0v) is 12.7. The van der Waals surface area contributed by atoms with Crippen LogP contribution in [-0.4, -0.2) is 0 Å². The molecule has 0 saturated heterocycles. The van der Waals surface area contributed by atoms with Crippen molar-refractivity contribution >= 4 is 5.69 Å². The molecule has 0 aliphatic carbocycles. The molecule has 0 amide bonds. The Hall–Kier alpha value is -2.07. The summed E-state index contributed by atoms with van der Waals surface area (Å²) in [6.45, 7) is 16.7. The molecule has 2 aromatic carbocycles. The van der Waals surface area contributed by atoms with Gasteiger partial charge in [0.1, 0.15) is 0 Å². The van der Waals surface area contributed by atoms with Crippen LogP contribution in [0.2, 0.25) is 0 Å². The maximum Gasteiger partial charge on any atom is 0.187 e. The van der Waals surface area contributed by atoms with Gasteiger partial charge < -0.3 is 0 Å². The Morgan fingerprint density at radius 1 is 0.684 bits per heavy atom. The van der Waals surface area contributed by atoms with E-state index in [9.17, 15) is 0 Å². The van der Waals surface area contributed by atoms with Crippen molar-refractivity contribution in [2.75, 3.05) is 0 Å². The topological polar surface area (TPSA) is 4.36 Å². The summed E-state index contributed by atoms with van der Waals surface area (Å²) in [6, 6.07) is 19.4. The molecular formula is C18H25N. The predicted molar refractivity (Wildman–Crippen MR) is 86.6 cm³/mol. The molecule has 0 aliphatic rings. The SMILES string of the molecule is CC.CC.Cc1ccccc1.[C-]#[N+]c1ccccc1. The first kappa shape index (κ1) is 19.3. The maximum absolute atomic E-state index is 6.57. The van der Waals surface area contributed by atoms with E-state index in [1.54, 1.807) is 12.1 Å². The molecule has 19 heavy (non-hydrogen) atoms. The average molecular weight is 255 g/mol. The van der Waals surface area contributed by atoms with Crippen molar-refractivity contribution in [2.24, 2.45) is 0 Å². The third kappa shape index (κ3) is 12.2. The van der Waals surface area contributed by atoms with Gasteiger partial charge in [0.2, 0.25) is 0 Å². The van der Waals surface area contributed by atoms with Crippen molar-refractivity contribution < 1.29 is 0 Å². The number of hydrogen-bond acceptors (Lipinski definition) is 0. The third-order valence-electron chi connectivity index (χ3n) is 1.83. The van der Waals surface area contributed by atoms with Crippen LogP contribution in [-0.2, 0) is 0 Å². The fraction of sp³-hybridized carbons (Fsp3) is 0.278. The van der Waals surface area contributed by atoms with Gasteiger partial charge in [-0.3, -0.25) is 0 Å². The summed E-state index contributed by atoms with van der Waals surface area (Å²) < 4.78 is 0. The molecule has 2 aromatic rings. The van der Waals surface area contributed by atoms with E-state index < -0.39 is 0 Å². The van der Waals surface area contributed by atoms with Crippen LogP contribution in [0.15, 0.2) is 60.7 Å². The largest absolute Gasteiger partial charge is 0.238 e. The van der Waals surface area contributed by atoms with Gasteiger partial charge in [0, 0.05) is 0 Å². The Kier molecular flexibility index (Phi) is 16.2. The summed E-state index contributed by atoms with van der Waals surface area (Å²) in [6.07, 6.45) is 0. The van der Waals surface area contributed by atoms with E-state index in [2.05, 4.69) is 23.9 Å². The van der Waals surface area contributed by atoms with Crippen LogP contribution in [0.25, 0.3) is 4.85 Å². The minimum absolute atomic E-state index is 0.701. The second-order valence-corrected chi connectivity index (χ2v) is 3.10. The van der Waals surface area contributed by atoms with Crippen molar-refractivity contribution in [1.82, 2.24) is 0 Å². The van der Waals surface area contributed by atoms with E-state index in [4.69, 9.17) is 6.57 Å². The van der Waals surface area contributed by atoms with Crippen LogP contribution >= 0.6 is 0 Å². The first-order valence-corrected chi connectivity index (χ1v) is 6.77. The van der Waals surface area contributed by atoms with E-state index in [0.717, 1.165) is 0 Å². The molecule has 0 atom stereocenters. The summed E-state index contributed by atoms with van der Waals surface area (Å²) in [5.41, 5.74) is 2.02. The lowest BCUT2D eigenvalue weighted by atomic mass is 10.2. The van der Waals surface area contributed by atoms with Gasteiger partial charge in [-0.15, -0.1) is 0 Å². The quantitative estimate of drug-likeness (QED) is 0.488. The van der Waals surface area contributed by atoms with Crippen molar-refractivity contribution in [3.63, 3.8) is 0 Å². The summed E-state index contributed by atoms with van der Waals surface area (Å²) in [4.78, 5) is 3.22. The molecule has 1 nitrogen and oxygen atoms in total. The van der Waals surface area contributed by atoms with Gasteiger partial charge in [-0.05, 0) is 6.92 Å². The minimum atomic E-state index is 0.701. The fourth-order valence-electron chi connectivity index (χ4n) is 1.04. The summed E-state index contributed by atoms with van der Waals surface area (Å²) in [5, 5.41) is 0. The molecule has 0 aliphatic heterocycles. The van der Waals surface area contributed by atoms with Crippen LogP contribution in [0.4, 0.5) is 5.69 Å². The Bertz CT molecular complexity index is 412. The lowest BCUT2D eigenvalue weighted by Gasteiger charge is -1.82. The first-order valence-electron chi connectivity index (χ1n) is 6.77. The summed E-state index contributed by atoms with van der Waals surface area (Å²) in [5.74, 6) is 0. The van der Waals surface area contributed by atoms with Crippen LogP contribution < -0.4 is 0 Å². The monoisotopic (exact) mass is 255 g/mol. The third-order valence-corrected chi connectivity index (χ3v) is 1.83. The fourth-order valence-corrected chi connectivity index (χ4v) is 1.04. The average Bonchev–Trinajstić information content (AvgIpc) is 2.53. The smallest absolute Gasteiger partial charge is 0.187 e. The number of aryl methyl sites for hydroxylation is 1. The lowest BCUT2D eigenvalue weighted by molar-refractivity contribution is 1.48. The van der Waals surface area contributed by atoms with Crippen molar-refractivity contribution in [3.05, 3.63) is 77.6 Å². The number of benzene rings is 2. The van der Waals surface area contributed by atoms with Gasteiger partial charge >= 0.3 is 0 Å². The highest BCUT2D eigenvalue weighted by atomic mass is 14.6. The van der Waals surface area contributed by atoms with E-state index in [1.165, 1.54) is 5.56 Å². The van der Waals surface area contributed by atoms with Crippen molar-refractivity contribution in [2.45, 2.75) is 34.6 Å². The van der Waals surface area contributed by atoms with Crippen molar-refractivity contribution in [1.29, 1.82) is 0 Å². The maximum atomic E-state index is 6.57. The predicted octanol–water partition coefficient (Wildman–Crippen LogP) is 6.28. The second-order valence-electron chi connectivity index (χ2n) is 3.10. The van der Waals surface area contributed by atoms with Gasteiger partial charge in [-0.25, -0.2) is 4.85 Å². The van der Waals surface area contributed by atoms with Gasteiger partial charge in [0.05, 0.1) is 6.57 Å². The van der Waals surface area contributed by atoms with Gasteiger partial charge in [-0.1, -0.05) is 93.9 Å². The molecule has 0 N–H and O–H groups in total. The zero-order chi connectivity index (χ0) is 14.9. The standard InChI is InChI=1S/C7H5N.C7H8.2C2H6/c1-8-7-5-3-2-4-6-7;1-7-5-3-2-4-6-7;2*1-2/h2-6H;2-6H,1H3;2*1-2H3. The normalized spacial score (nSPS) is 7.16. The Morgan fingerprint density at radius 2 is 1.05 bits per heavy atom. The lowest BCUT2D eigenvalue weighted by Crippen LogP contribution is -1.62. The molecule has 102 valence electrons. The summed E-state index contributed by atoms with van der Waals surface area (Å²) in [7, 11) is 0. The number of rotatable bonds is 0. The Morgan fingerprint density at radius 3 is 1.26 bits per heavy atom. The Balaban J connectivity index is 0. The van der Waals surface area contributed by atoms with E-state index in [0.29, 0.717) is 5.69 Å². The summed E-state index contributed by atoms with van der Waals surface area (Å²) >= 11 is 0. The van der Waals surface area contributed by atoms with Gasteiger partial charge in [0.15, 0.2) is 5.69 Å². The van der Waals surface area contributed by atoms with Gasteiger partial charge in [0.25, 0.3) is 0 Å². The number of nitrogens with zero attached hydrogens (tertiary/aromatic N) is 1. The highest BCUT2D eigenvalue weighted by molar-refractivity contribution is 5.42. The molecule has 1 heteroatoms. The minimum Gasteiger partial charge on any atom is -0.238 e. The molecule has 0 radical (unpaired) electrons. The molecule has 0 saturated carbocycles. The molecule has 0 aromatic heterocycles. The first-order chi connectivity index (χ1) is 9.33. The van der Waals surface area contributed by atoms with Gasteiger partial charge in [-0.2, -0.15) is 0 Å². The molecule has 0 fully saturated rings. The van der Waals surface area contributed by atoms with Crippen LogP contribution in [0.1, 0.15) is 33.3 Å². The van der Waals surface area contributed by atoms with Crippen LogP contribution in [0.5, 0.6) is 0 Å². The number of hydrogen-bond donors (Lipinski definition) is 0. The van der Waals surface area contributed by atoms with Crippen molar-refractivity contribution in [3.8, 4) is 0 Å².